The van der Waals surface area contributed by atoms with Gasteiger partial charge in [0, 0.05) is 10.7 Å². The molecule has 1 aliphatic carbocycles. The van der Waals surface area contributed by atoms with Crippen molar-refractivity contribution in [2.75, 3.05) is 13.1 Å². The van der Waals surface area contributed by atoms with Crippen LogP contribution in [0.25, 0.3) is 0 Å². The summed E-state index contributed by atoms with van der Waals surface area (Å²) in [6, 6.07) is 0. The number of nitrogens with one attached hydrogen (secondary N) is 1. The molecule has 1 aromatic rings. The van der Waals surface area contributed by atoms with Gasteiger partial charge in [-0.25, -0.2) is 0 Å². The fourth-order valence-electron chi connectivity index (χ4n) is 3.46. The van der Waals surface area contributed by atoms with Gasteiger partial charge >= 0.3 is 0 Å². The molecule has 2 aliphatic rings. The molecule has 2 heterocycles. The number of aromatic nitrogens is 2. The number of nitrogens with zero attached hydrogens (tertiary/aromatic N) is 2. The molecule has 1 saturated heterocycles. The molecule has 0 bridgehead atoms. The van der Waals surface area contributed by atoms with E-state index in [9.17, 15) is 0 Å². The number of piperidine rings is 1. The molecule has 1 saturated carbocycles. The molecule has 0 amide bonds. The summed E-state index contributed by atoms with van der Waals surface area (Å²) in [6.07, 6.45) is 7.97. The first-order valence-electron chi connectivity index (χ1n) is 8.31. The van der Waals surface area contributed by atoms with Gasteiger partial charge in [-0.3, -0.25) is 0 Å². The maximum absolute atomic E-state index is 5.60. The molecule has 0 spiro atoms. The predicted octanol–water partition coefficient (Wildman–Crippen LogP) is 3.52. The Bertz CT molecular complexity index is 448. The van der Waals surface area contributed by atoms with Gasteiger partial charge in [-0.15, -0.1) is 0 Å². The summed E-state index contributed by atoms with van der Waals surface area (Å²) in [7, 11) is 0. The van der Waals surface area contributed by atoms with E-state index in [-0.39, 0.29) is 5.41 Å². The van der Waals surface area contributed by atoms with Crippen molar-refractivity contribution in [1.29, 1.82) is 0 Å². The van der Waals surface area contributed by atoms with Crippen molar-refractivity contribution in [1.82, 2.24) is 15.5 Å². The van der Waals surface area contributed by atoms with E-state index in [2.05, 4.69) is 24.3 Å². The van der Waals surface area contributed by atoms with Gasteiger partial charge < -0.3 is 9.84 Å². The first kappa shape index (κ1) is 15.3. The Labute approximate surface area is 131 Å². The first-order chi connectivity index (χ1) is 10.2. The lowest BCUT2D eigenvalue weighted by Gasteiger charge is -2.34. The van der Waals surface area contributed by atoms with Gasteiger partial charge in [0.1, 0.15) is 0 Å². The van der Waals surface area contributed by atoms with E-state index in [4.69, 9.17) is 9.51 Å². The highest BCUT2D eigenvalue weighted by Crippen LogP contribution is 2.35. The van der Waals surface area contributed by atoms with Crippen molar-refractivity contribution < 1.29 is 4.52 Å². The van der Waals surface area contributed by atoms with Crippen molar-refractivity contribution in [3.63, 3.8) is 0 Å². The van der Waals surface area contributed by atoms with Crippen LogP contribution in [0.1, 0.15) is 64.1 Å². The van der Waals surface area contributed by atoms with Crippen molar-refractivity contribution in [3.8, 4) is 0 Å². The van der Waals surface area contributed by atoms with Gasteiger partial charge in [0.15, 0.2) is 5.82 Å². The van der Waals surface area contributed by atoms with Crippen LogP contribution in [0.3, 0.4) is 0 Å². The highest BCUT2D eigenvalue weighted by atomic mass is 32.2. The molecule has 21 heavy (non-hydrogen) atoms. The molecule has 1 unspecified atom stereocenters. The highest BCUT2D eigenvalue weighted by Gasteiger charge is 2.37. The van der Waals surface area contributed by atoms with Gasteiger partial charge in [0.25, 0.3) is 0 Å². The Morgan fingerprint density at radius 1 is 1.24 bits per heavy atom. The van der Waals surface area contributed by atoms with Crippen LogP contribution in [-0.4, -0.2) is 28.5 Å². The molecule has 1 atom stereocenters. The Morgan fingerprint density at radius 3 is 2.76 bits per heavy atom. The lowest BCUT2D eigenvalue weighted by atomic mass is 9.75. The molecule has 5 heteroatoms. The van der Waals surface area contributed by atoms with Crippen molar-refractivity contribution in [3.05, 3.63) is 11.7 Å². The van der Waals surface area contributed by atoms with Gasteiger partial charge in [0.05, 0.1) is 5.75 Å². The third-order valence-electron chi connectivity index (χ3n) is 5.09. The van der Waals surface area contributed by atoms with Crippen molar-refractivity contribution in [2.45, 2.75) is 68.8 Å². The summed E-state index contributed by atoms with van der Waals surface area (Å²) in [5.74, 6) is 3.17. The van der Waals surface area contributed by atoms with E-state index in [1.54, 1.807) is 0 Å². The second-order valence-electron chi connectivity index (χ2n) is 7.00. The number of hydrogen-bond donors (Lipinski definition) is 1. The maximum atomic E-state index is 5.60. The quantitative estimate of drug-likeness (QED) is 0.902. The van der Waals surface area contributed by atoms with Crippen LogP contribution < -0.4 is 5.32 Å². The minimum Gasteiger partial charge on any atom is -0.339 e. The van der Waals surface area contributed by atoms with Crippen LogP contribution in [0, 0.1) is 5.92 Å². The molecule has 0 radical (unpaired) electrons. The minimum atomic E-state index is -0.0311. The smallest absolute Gasteiger partial charge is 0.232 e. The van der Waals surface area contributed by atoms with E-state index in [0.717, 1.165) is 35.8 Å². The molecule has 1 N–H and O–H groups in total. The second kappa shape index (κ2) is 6.69. The first-order valence-corrected chi connectivity index (χ1v) is 9.36. The van der Waals surface area contributed by atoms with Gasteiger partial charge in [0.2, 0.25) is 5.89 Å². The van der Waals surface area contributed by atoms with Crippen LogP contribution in [0.5, 0.6) is 0 Å². The fraction of sp³-hybridized carbons (Fsp3) is 0.875. The third kappa shape index (κ3) is 3.62. The summed E-state index contributed by atoms with van der Waals surface area (Å²) < 4.78 is 5.60. The van der Waals surface area contributed by atoms with E-state index in [1.165, 1.54) is 38.5 Å². The van der Waals surface area contributed by atoms with E-state index in [1.807, 2.05) is 11.8 Å². The molecule has 1 aliphatic heterocycles. The van der Waals surface area contributed by atoms with E-state index in [0.29, 0.717) is 5.92 Å². The summed E-state index contributed by atoms with van der Waals surface area (Å²) in [6.45, 7) is 6.68. The summed E-state index contributed by atoms with van der Waals surface area (Å²) in [5, 5.41) is 8.50. The van der Waals surface area contributed by atoms with Crippen LogP contribution in [0.2, 0.25) is 0 Å². The molecule has 1 aromatic heterocycles. The standard InChI is InChI=1S/C16H27N3OS/c1-16(2,12-6-5-9-17-10-12)15-18-14(19-20-15)11-21-13-7-3-4-8-13/h12-13,17H,3-11H2,1-2H3. The van der Waals surface area contributed by atoms with Gasteiger partial charge in [-0.2, -0.15) is 16.7 Å². The zero-order valence-corrected chi connectivity index (χ0v) is 14.0. The Kier molecular flexibility index (Phi) is 4.89. The third-order valence-corrected chi connectivity index (χ3v) is 6.45. The summed E-state index contributed by atoms with van der Waals surface area (Å²) >= 11 is 2.00. The molecular formula is C16H27N3OS. The van der Waals surface area contributed by atoms with Crippen LogP contribution >= 0.6 is 11.8 Å². The Hall–Kier alpha value is -0.550. The van der Waals surface area contributed by atoms with E-state index < -0.39 is 0 Å². The molecule has 4 nitrogen and oxygen atoms in total. The van der Waals surface area contributed by atoms with E-state index >= 15 is 0 Å². The van der Waals surface area contributed by atoms with Crippen molar-refractivity contribution >= 4 is 11.8 Å². The number of thioether (sulfide) groups is 1. The lowest BCUT2D eigenvalue weighted by molar-refractivity contribution is 0.196. The second-order valence-corrected chi connectivity index (χ2v) is 8.29. The maximum Gasteiger partial charge on any atom is 0.232 e. The highest BCUT2D eigenvalue weighted by molar-refractivity contribution is 7.99. The molecule has 2 fully saturated rings. The van der Waals surface area contributed by atoms with Crippen molar-refractivity contribution in [2.24, 2.45) is 5.92 Å². The molecule has 0 aromatic carbocycles. The van der Waals surface area contributed by atoms with Crippen LogP contribution in [0.4, 0.5) is 0 Å². The average Bonchev–Trinajstić information content (AvgIpc) is 3.18. The zero-order chi connectivity index (χ0) is 14.7. The van der Waals surface area contributed by atoms with Crippen LogP contribution in [-0.2, 0) is 11.2 Å². The molecular weight excluding hydrogens is 282 g/mol. The van der Waals surface area contributed by atoms with Gasteiger partial charge in [-0.05, 0) is 44.7 Å². The Balaban J connectivity index is 1.60. The predicted molar refractivity (Wildman–Crippen MR) is 86.5 cm³/mol. The SMILES string of the molecule is CC(C)(c1nc(CSC2CCCC2)no1)C1CCCNC1. The fourth-order valence-corrected chi connectivity index (χ4v) is 4.63. The topological polar surface area (TPSA) is 51.0 Å². The number of hydrogen-bond acceptors (Lipinski definition) is 5. The number of rotatable bonds is 5. The summed E-state index contributed by atoms with van der Waals surface area (Å²) in [4.78, 5) is 4.69. The minimum absolute atomic E-state index is 0.0311. The normalized spacial score (nSPS) is 24.6. The van der Waals surface area contributed by atoms with Crippen LogP contribution in [0.15, 0.2) is 4.52 Å². The zero-order valence-electron chi connectivity index (χ0n) is 13.2. The lowest BCUT2D eigenvalue weighted by Crippen LogP contribution is -2.40. The average molecular weight is 309 g/mol. The molecule has 3 rings (SSSR count). The largest absolute Gasteiger partial charge is 0.339 e. The monoisotopic (exact) mass is 309 g/mol. The molecule has 118 valence electrons. The summed E-state index contributed by atoms with van der Waals surface area (Å²) in [5.41, 5.74) is -0.0311. The van der Waals surface area contributed by atoms with Gasteiger partial charge in [-0.1, -0.05) is 31.8 Å². The Morgan fingerprint density at radius 2 is 2.05 bits per heavy atom.